The van der Waals surface area contributed by atoms with Crippen molar-refractivity contribution in [3.8, 4) is 5.75 Å². The van der Waals surface area contributed by atoms with Gasteiger partial charge in [0.1, 0.15) is 17.6 Å². The minimum atomic E-state index is -0.256. The Morgan fingerprint density at radius 2 is 1.92 bits per heavy atom. The summed E-state index contributed by atoms with van der Waals surface area (Å²) in [5.41, 5.74) is 0.995. The van der Waals surface area contributed by atoms with E-state index in [0.717, 1.165) is 30.0 Å². The maximum absolute atomic E-state index is 12.4. The lowest BCUT2D eigenvalue weighted by Crippen LogP contribution is -2.30. The molecule has 0 aliphatic heterocycles. The number of rotatable bonds is 10. The average Bonchev–Trinajstić information content (AvgIpc) is 3.05. The van der Waals surface area contributed by atoms with Crippen LogP contribution in [0.1, 0.15) is 62.9 Å². The topological polar surface area (TPSA) is 56.1 Å². The Labute approximate surface area is 150 Å². The van der Waals surface area contributed by atoms with E-state index in [1.165, 1.54) is 19.3 Å². The number of ether oxygens (including phenoxy) is 1. The van der Waals surface area contributed by atoms with Crippen LogP contribution in [0.5, 0.6) is 5.75 Å². The van der Waals surface area contributed by atoms with Gasteiger partial charge in [-0.15, -0.1) is 0 Å². The highest BCUT2D eigenvalue weighted by Crippen LogP contribution is 2.23. The van der Waals surface area contributed by atoms with E-state index < -0.39 is 0 Å². The van der Waals surface area contributed by atoms with Gasteiger partial charge in [0, 0.05) is 25.9 Å². The summed E-state index contributed by atoms with van der Waals surface area (Å²) in [4.78, 5) is 16.8. The van der Waals surface area contributed by atoms with E-state index in [2.05, 4.69) is 17.2 Å². The maximum atomic E-state index is 12.4. The number of carbonyl (C=O) groups is 1. The number of aryl methyl sites for hydroxylation is 1. The number of carbonyl (C=O) groups excluding carboxylic acids is 1. The molecule has 25 heavy (non-hydrogen) atoms. The smallest absolute Gasteiger partial charge is 0.220 e. The SMILES string of the molecule is CCCCCCCC(=O)NC(c1ccc(OC)cc1)c1nccn1C. The Morgan fingerprint density at radius 3 is 2.52 bits per heavy atom. The summed E-state index contributed by atoms with van der Waals surface area (Å²) in [6.07, 6.45) is 9.89. The Bertz CT molecular complexity index is 649. The molecule has 1 aromatic heterocycles. The normalized spacial score (nSPS) is 12.0. The van der Waals surface area contributed by atoms with Gasteiger partial charge in [0.25, 0.3) is 0 Å². The monoisotopic (exact) mass is 343 g/mol. The fourth-order valence-corrected chi connectivity index (χ4v) is 2.87. The van der Waals surface area contributed by atoms with Crippen LogP contribution >= 0.6 is 0 Å². The number of benzene rings is 1. The molecule has 1 heterocycles. The first kappa shape index (κ1) is 19.0. The minimum Gasteiger partial charge on any atom is -0.497 e. The third-order valence-corrected chi connectivity index (χ3v) is 4.38. The predicted octanol–water partition coefficient (Wildman–Crippen LogP) is 3.99. The van der Waals surface area contributed by atoms with Crippen LogP contribution in [-0.2, 0) is 11.8 Å². The van der Waals surface area contributed by atoms with Gasteiger partial charge < -0.3 is 14.6 Å². The van der Waals surface area contributed by atoms with E-state index >= 15 is 0 Å². The highest BCUT2D eigenvalue weighted by molar-refractivity contribution is 5.76. The molecular weight excluding hydrogens is 314 g/mol. The molecule has 5 nitrogen and oxygen atoms in total. The number of nitrogens with zero attached hydrogens (tertiary/aromatic N) is 2. The maximum Gasteiger partial charge on any atom is 0.220 e. The van der Waals surface area contributed by atoms with Crippen molar-refractivity contribution < 1.29 is 9.53 Å². The van der Waals surface area contributed by atoms with Crippen LogP contribution in [0.15, 0.2) is 36.7 Å². The van der Waals surface area contributed by atoms with Crippen LogP contribution < -0.4 is 10.1 Å². The summed E-state index contributed by atoms with van der Waals surface area (Å²) in [7, 11) is 3.58. The summed E-state index contributed by atoms with van der Waals surface area (Å²) >= 11 is 0. The lowest BCUT2D eigenvalue weighted by molar-refractivity contribution is -0.121. The van der Waals surface area contributed by atoms with Crippen molar-refractivity contribution in [2.75, 3.05) is 7.11 Å². The zero-order valence-electron chi connectivity index (χ0n) is 15.5. The quantitative estimate of drug-likeness (QED) is 0.664. The summed E-state index contributed by atoms with van der Waals surface area (Å²) in [6, 6.07) is 7.50. The van der Waals surface area contributed by atoms with Crippen LogP contribution in [0.4, 0.5) is 0 Å². The van der Waals surface area contributed by atoms with E-state index in [0.29, 0.717) is 6.42 Å². The highest BCUT2D eigenvalue weighted by atomic mass is 16.5. The zero-order valence-corrected chi connectivity index (χ0v) is 15.5. The van der Waals surface area contributed by atoms with E-state index in [4.69, 9.17) is 4.74 Å². The molecule has 1 atom stereocenters. The van der Waals surface area contributed by atoms with Crippen molar-refractivity contribution in [1.29, 1.82) is 0 Å². The first-order chi connectivity index (χ1) is 12.2. The molecule has 0 spiro atoms. The van der Waals surface area contributed by atoms with Crippen molar-refractivity contribution >= 4 is 5.91 Å². The van der Waals surface area contributed by atoms with Crippen LogP contribution in [0, 0.1) is 0 Å². The molecule has 0 radical (unpaired) electrons. The van der Waals surface area contributed by atoms with Gasteiger partial charge in [0.15, 0.2) is 0 Å². The average molecular weight is 343 g/mol. The van der Waals surface area contributed by atoms with E-state index in [9.17, 15) is 4.79 Å². The molecule has 0 saturated heterocycles. The number of hydrogen-bond acceptors (Lipinski definition) is 3. The first-order valence-corrected chi connectivity index (χ1v) is 9.06. The Morgan fingerprint density at radius 1 is 1.20 bits per heavy atom. The van der Waals surface area contributed by atoms with Gasteiger partial charge in [-0.2, -0.15) is 0 Å². The van der Waals surface area contributed by atoms with Crippen LogP contribution in [0.2, 0.25) is 0 Å². The summed E-state index contributed by atoms with van der Waals surface area (Å²) in [5.74, 6) is 1.69. The number of methoxy groups -OCH3 is 1. The molecule has 0 bridgehead atoms. The number of hydrogen-bond donors (Lipinski definition) is 1. The summed E-state index contributed by atoms with van der Waals surface area (Å²) < 4.78 is 7.16. The Kier molecular flexibility index (Phi) is 7.51. The van der Waals surface area contributed by atoms with Gasteiger partial charge in [-0.05, 0) is 24.1 Å². The van der Waals surface area contributed by atoms with Gasteiger partial charge in [0.05, 0.1) is 7.11 Å². The second kappa shape index (κ2) is 9.87. The predicted molar refractivity (Wildman–Crippen MR) is 99.6 cm³/mol. The second-order valence-electron chi connectivity index (χ2n) is 6.33. The summed E-state index contributed by atoms with van der Waals surface area (Å²) in [6.45, 7) is 2.19. The van der Waals surface area contributed by atoms with E-state index in [-0.39, 0.29) is 11.9 Å². The molecule has 1 unspecified atom stereocenters. The fraction of sp³-hybridized carbons (Fsp3) is 0.500. The van der Waals surface area contributed by atoms with Crippen molar-refractivity contribution in [3.63, 3.8) is 0 Å². The molecule has 1 aromatic carbocycles. The van der Waals surface area contributed by atoms with Gasteiger partial charge in [-0.3, -0.25) is 4.79 Å². The van der Waals surface area contributed by atoms with Crippen LogP contribution in [0.3, 0.4) is 0 Å². The van der Waals surface area contributed by atoms with Crippen molar-refractivity contribution in [2.45, 2.75) is 51.5 Å². The lowest BCUT2D eigenvalue weighted by Gasteiger charge is -2.19. The van der Waals surface area contributed by atoms with E-state index in [1.807, 2.05) is 42.1 Å². The standard InChI is InChI=1S/C20H29N3O2/c1-4-5-6-7-8-9-18(24)22-19(20-21-14-15-23(20)2)16-10-12-17(25-3)13-11-16/h10-15,19H,4-9H2,1-3H3,(H,22,24). The molecule has 0 fully saturated rings. The number of aromatic nitrogens is 2. The number of nitrogens with one attached hydrogen (secondary N) is 1. The first-order valence-electron chi connectivity index (χ1n) is 9.06. The number of imidazole rings is 1. The molecule has 0 aliphatic rings. The summed E-state index contributed by atoms with van der Waals surface area (Å²) in [5, 5.41) is 3.14. The third-order valence-electron chi connectivity index (χ3n) is 4.38. The van der Waals surface area contributed by atoms with Crippen LogP contribution in [-0.4, -0.2) is 22.6 Å². The molecule has 2 aromatic rings. The fourth-order valence-electron chi connectivity index (χ4n) is 2.87. The van der Waals surface area contributed by atoms with Crippen LogP contribution in [0.25, 0.3) is 0 Å². The molecular formula is C20H29N3O2. The van der Waals surface area contributed by atoms with E-state index in [1.54, 1.807) is 13.3 Å². The molecule has 5 heteroatoms. The molecule has 0 aliphatic carbocycles. The molecule has 2 rings (SSSR count). The molecule has 1 N–H and O–H groups in total. The largest absolute Gasteiger partial charge is 0.497 e. The van der Waals surface area contributed by atoms with Gasteiger partial charge >= 0.3 is 0 Å². The van der Waals surface area contributed by atoms with Gasteiger partial charge in [-0.1, -0.05) is 44.7 Å². The molecule has 136 valence electrons. The van der Waals surface area contributed by atoms with Crippen molar-refractivity contribution in [1.82, 2.24) is 14.9 Å². The number of unbranched alkanes of at least 4 members (excludes halogenated alkanes) is 4. The second-order valence-corrected chi connectivity index (χ2v) is 6.33. The van der Waals surface area contributed by atoms with Crippen molar-refractivity contribution in [3.05, 3.63) is 48.0 Å². The highest BCUT2D eigenvalue weighted by Gasteiger charge is 2.20. The lowest BCUT2D eigenvalue weighted by atomic mass is 10.0. The number of amides is 1. The molecule has 1 amide bonds. The van der Waals surface area contributed by atoms with Gasteiger partial charge in [0.2, 0.25) is 5.91 Å². The van der Waals surface area contributed by atoms with Crippen molar-refractivity contribution in [2.24, 2.45) is 7.05 Å². The molecule has 0 saturated carbocycles. The third kappa shape index (κ3) is 5.62. The Balaban J connectivity index is 2.05. The van der Waals surface area contributed by atoms with Gasteiger partial charge in [-0.25, -0.2) is 4.98 Å². The Hall–Kier alpha value is -2.30. The zero-order chi connectivity index (χ0) is 18.1. The minimum absolute atomic E-state index is 0.0697.